The van der Waals surface area contributed by atoms with Gasteiger partial charge in [0.15, 0.2) is 0 Å². The summed E-state index contributed by atoms with van der Waals surface area (Å²) < 4.78 is 58.8. The number of allylic oxidation sites excluding steroid dienone is 2. The Labute approximate surface area is 316 Å². The minimum absolute atomic E-state index is 0.0215. The number of aliphatic carboxylic acids is 1. The molecule has 3 aromatic rings. The predicted molar refractivity (Wildman–Crippen MR) is 187 cm³/mol. The maximum Gasteiger partial charge on any atom is 0.573 e. The van der Waals surface area contributed by atoms with Gasteiger partial charge in [0.1, 0.15) is 17.3 Å². The third kappa shape index (κ3) is 6.68. The largest absolute Gasteiger partial charge is 0.573 e. The number of nitrogens with zero attached hydrogens (tertiary/aromatic N) is 2. The lowest BCUT2D eigenvalue weighted by Crippen LogP contribution is -2.53. The third-order valence-corrected chi connectivity index (χ3v) is 11.4. The molecule has 4 amide bonds. The van der Waals surface area contributed by atoms with E-state index < -0.39 is 88.3 Å². The highest BCUT2D eigenvalue weighted by atomic mass is 35.5. The van der Waals surface area contributed by atoms with Crippen molar-refractivity contribution in [2.24, 2.45) is 23.7 Å². The molecule has 3 N–H and O–H groups in total. The second-order valence-electron chi connectivity index (χ2n) is 14.2. The van der Waals surface area contributed by atoms with E-state index in [1.807, 2.05) is 0 Å². The molecule has 11 nitrogen and oxygen atoms in total. The lowest BCUT2D eigenvalue weighted by atomic mass is 9.49. The normalized spacial score (nSPS) is 26.1. The summed E-state index contributed by atoms with van der Waals surface area (Å²) in [5.74, 6) is -10.7. The van der Waals surface area contributed by atoms with Crippen molar-refractivity contribution in [2.75, 3.05) is 12.0 Å². The van der Waals surface area contributed by atoms with E-state index in [2.05, 4.69) is 10.2 Å². The average Bonchev–Trinajstić information content (AvgIpc) is 3.50. The summed E-state index contributed by atoms with van der Waals surface area (Å²) in [5, 5.41) is 21.5. The van der Waals surface area contributed by atoms with Gasteiger partial charge in [-0.15, -0.1) is 13.2 Å². The van der Waals surface area contributed by atoms with Gasteiger partial charge in [0, 0.05) is 29.5 Å². The number of aromatic hydroxyl groups is 1. The Hall–Kier alpha value is -5.44. The van der Waals surface area contributed by atoms with Crippen LogP contribution in [0.3, 0.4) is 0 Å². The molecule has 7 rings (SSSR count). The monoisotopic (exact) mass is 783 g/mol. The van der Waals surface area contributed by atoms with Crippen molar-refractivity contribution in [1.29, 1.82) is 0 Å². The van der Waals surface area contributed by atoms with Gasteiger partial charge >= 0.3 is 12.3 Å². The number of carboxylic acids is 1. The number of rotatable bonds is 11. The summed E-state index contributed by atoms with van der Waals surface area (Å²) in [6.45, 7) is 0.0400. The average molecular weight is 784 g/mol. The number of benzene rings is 3. The molecule has 16 heteroatoms. The number of hydrogen-bond donors (Lipinski definition) is 3. The summed E-state index contributed by atoms with van der Waals surface area (Å²) in [5.41, 5.74) is 1.42. The number of alkyl halides is 3. The van der Waals surface area contributed by atoms with Crippen LogP contribution in [0.1, 0.15) is 55.6 Å². The van der Waals surface area contributed by atoms with Crippen LogP contribution in [-0.2, 0) is 29.4 Å². The van der Waals surface area contributed by atoms with Crippen LogP contribution in [0.25, 0.3) is 0 Å². The number of imide groups is 2. The molecule has 288 valence electrons. The van der Waals surface area contributed by atoms with Gasteiger partial charge in [0.05, 0.1) is 28.9 Å². The standard InChI is InChI=1S/C39H34ClF4N3O8/c40-21-7-5-20(6-8-21)38-29(35(52)47(37(38)54)45-23-11-9-22(41)10-12-23)19-27-25(33(38)28-18-24(13-16-30(28)48)55-39(42,43)44)14-15-26-32(27)36(53)46(34(26)51)17-3-1-2-4-31(49)50/h5-14,16,18,26-27,29,32-33,45,48H,1-4,15,17,19H2,(H,49,50)/t26-,27+,29-,32-,33+,38+/m0/s1. The maximum atomic E-state index is 15.2. The van der Waals surface area contributed by atoms with Crippen LogP contribution in [0.2, 0.25) is 5.02 Å². The zero-order chi connectivity index (χ0) is 39.4. The minimum Gasteiger partial charge on any atom is -0.508 e. The van der Waals surface area contributed by atoms with Crippen molar-refractivity contribution in [3.05, 3.63) is 100 Å². The second-order valence-corrected chi connectivity index (χ2v) is 14.6. The van der Waals surface area contributed by atoms with Gasteiger partial charge in [-0.25, -0.2) is 4.39 Å². The third-order valence-electron chi connectivity index (χ3n) is 11.2. The first-order valence-corrected chi connectivity index (χ1v) is 18.0. The molecule has 6 atom stereocenters. The van der Waals surface area contributed by atoms with E-state index in [0.29, 0.717) is 24.8 Å². The fourth-order valence-corrected chi connectivity index (χ4v) is 9.10. The summed E-state index contributed by atoms with van der Waals surface area (Å²) in [7, 11) is 0. The van der Waals surface area contributed by atoms with E-state index in [0.717, 1.165) is 40.2 Å². The van der Waals surface area contributed by atoms with Crippen molar-refractivity contribution in [2.45, 2.75) is 56.2 Å². The first-order valence-electron chi connectivity index (χ1n) is 17.6. The number of amides is 4. The van der Waals surface area contributed by atoms with E-state index in [-0.39, 0.29) is 47.6 Å². The van der Waals surface area contributed by atoms with Crippen LogP contribution in [0.5, 0.6) is 11.5 Å². The van der Waals surface area contributed by atoms with E-state index in [1.54, 1.807) is 6.08 Å². The van der Waals surface area contributed by atoms with Crippen molar-refractivity contribution in [3.8, 4) is 11.5 Å². The number of ether oxygens (including phenoxy) is 1. The highest BCUT2D eigenvalue weighted by Gasteiger charge is 2.70. The van der Waals surface area contributed by atoms with Gasteiger partial charge in [-0.3, -0.25) is 34.3 Å². The van der Waals surface area contributed by atoms with Gasteiger partial charge in [0.25, 0.3) is 11.8 Å². The van der Waals surface area contributed by atoms with E-state index in [1.165, 1.54) is 36.4 Å². The van der Waals surface area contributed by atoms with Crippen molar-refractivity contribution in [3.63, 3.8) is 0 Å². The predicted octanol–water partition coefficient (Wildman–Crippen LogP) is 6.71. The Balaban J connectivity index is 1.38. The van der Waals surface area contributed by atoms with Crippen LogP contribution < -0.4 is 10.2 Å². The topological polar surface area (TPSA) is 154 Å². The van der Waals surface area contributed by atoms with Gasteiger partial charge in [-0.2, -0.15) is 5.01 Å². The number of anilines is 1. The van der Waals surface area contributed by atoms with E-state index in [4.69, 9.17) is 16.7 Å². The number of carboxylic acid groups (broad SMARTS) is 1. The SMILES string of the molecule is O=C(O)CCCCCN1C(=O)[C@H]2[C@H](CC=C3[C@H]2C[C@H]2C(=O)N(Nc4ccc(F)cc4)C(=O)[C@@]2(c2ccc(Cl)cc2)[C@H]3c2cc(OC(F)(F)F)ccc2O)C1=O. The zero-order valence-electron chi connectivity index (χ0n) is 28.9. The van der Waals surface area contributed by atoms with E-state index in [9.17, 15) is 41.8 Å². The van der Waals surface area contributed by atoms with Gasteiger partial charge in [0.2, 0.25) is 11.8 Å². The number of halogens is 5. The Morgan fingerprint density at radius 1 is 0.927 bits per heavy atom. The Morgan fingerprint density at radius 2 is 1.64 bits per heavy atom. The number of nitrogens with one attached hydrogen (secondary N) is 1. The summed E-state index contributed by atoms with van der Waals surface area (Å²) in [6.07, 6.45) is -2.47. The number of carbonyl (C=O) groups is 5. The van der Waals surface area contributed by atoms with Crippen molar-refractivity contribution >= 4 is 46.9 Å². The molecular weight excluding hydrogens is 750 g/mol. The molecule has 2 aliphatic heterocycles. The maximum absolute atomic E-state index is 15.2. The smallest absolute Gasteiger partial charge is 0.508 e. The molecule has 0 aromatic heterocycles. The van der Waals surface area contributed by atoms with E-state index >= 15 is 4.79 Å². The number of likely N-dealkylation sites (tertiary alicyclic amines) is 1. The summed E-state index contributed by atoms with van der Waals surface area (Å²) in [6, 6.07) is 13.7. The van der Waals surface area contributed by atoms with Crippen LogP contribution in [0, 0.1) is 29.5 Å². The van der Waals surface area contributed by atoms with Crippen LogP contribution >= 0.6 is 11.6 Å². The van der Waals surface area contributed by atoms with Gasteiger partial charge in [-0.05, 0) is 91.8 Å². The Morgan fingerprint density at radius 3 is 2.31 bits per heavy atom. The first kappa shape index (κ1) is 37.9. The summed E-state index contributed by atoms with van der Waals surface area (Å²) >= 11 is 6.27. The Bertz CT molecular complexity index is 2090. The van der Waals surface area contributed by atoms with Crippen LogP contribution in [0.15, 0.2) is 78.4 Å². The molecule has 55 heavy (non-hydrogen) atoms. The number of carbonyl (C=O) groups excluding carboxylic acids is 4. The van der Waals surface area contributed by atoms with Gasteiger partial charge < -0.3 is 14.9 Å². The first-order chi connectivity index (χ1) is 26.1. The van der Waals surface area contributed by atoms with Crippen molar-refractivity contribution < 1.29 is 56.5 Å². The highest BCUT2D eigenvalue weighted by molar-refractivity contribution is 6.30. The number of unbranched alkanes of at least 4 members (excludes halogenated alkanes) is 2. The molecule has 2 heterocycles. The molecule has 2 saturated heterocycles. The lowest BCUT2D eigenvalue weighted by molar-refractivity contribution is -0.274. The number of phenols is 1. The molecule has 0 unspecified atom stereocenters. The fraction of sp³-hybridized carbons (Fsp3) is 0.359. The van der Waals surface area contributed by atoms with Crippen molar-refractivity contribution in [1.82, 2.24) is 9.91 Å². The molecule has 2 aliphatic carbocycles. The number of fused-ring (bicyclic) bond motifs is 4. The number of phenolic OH excluding ortho intramolecular Hbond substituents is 1. The molecule has 1 saturated carbocycles. The zero-order valence-corrected chi connectivity index (χ0v) is 29.6. The molecule has 0 bridgehead atoms. The molecular formula is C39H34ClF4N3O8. The minimum atomic E-state index is -5.13. The fourth-order valence-electron chi connectivity index (χ4n) is 8.97. The number of hydrazine groups is 1. The molecule has 0 radical (unpaired) electrons. The van der Waals surface area contributed by atoms with Crippen LogP contribution in [-0.4, -0.2) is 62.6 Å². The van der Waals surface area contributed by atoms with Crippen LogP contribution in [0.4, 0.5) is 23.2 Å². The molecule has 0 spiro atoms. The molecule has 3 aromatic carbocycles. The highest BCUT2D eigenvalue weighted by Crippen LogP contribution is 2.65. The summed E-state index contributed by atoms with van der Waals surface area (Å²) in [4.78, 5) is 70.0. The number of hydrogen-bond acceptors (Lipinski definition) is 8. The Kier molecular flexibility index (Phi) is 9.86. The lowest BCUT2D eigenvalue weighted by Gasteiger charge is -2.50. The molecule has 4 aliphatic rings. The second kappa shape index (κ2) is 14.3. The quantitative estimate of drug-likeness (QED) is 0.0834. The molecule has 3 fully saturated rings. The van der Waals surface area contributed by atoms with Gasteiger partial charge in [-0.1, -0.05) is 41.8 Å².